The summed E-state index contributed by atoms with van der Waals surface area (Å²) in [6, 6.07) is 2.25. The van der Waals surface area contributed by atoms with Gasteiger partial charge in [0.05, 0.1) is 19.9 Å². The molecule has 0 radical (unpaired) electrons. The van der Waals surface area contributed by atoms with Crippen molar-refractivity contribution < 1.29 is 27.4 Å². The second kappa shape index (κ2) is 6.97. The Morgan fingerprint density at radius 1 is 1.26 bits per heavy atom. The number of rotatable bonds is 3. The Labute approximate surface area is 132 Å². The Kier molecular flexibility index (Phi) is 5.23. The molecule has 1 saturated heterocycles. The summed E-state index contributed by atoms with van der Waals surface area (Å²) in [6.45, 7) is 0.0717. The minimum Gasteiger partial charge on any atom is -0.493 e. The molecule has 2 amide bonds. The molecular weight excluding hydrogens is 313 g/mol. The average Bonchev–Trinajstić information content (AvgIpc) is 2.53. The second-order valence-electron chi connectivity index (χ2n) is 5.22. The Hall–Kier alpha value is -2.12. The van der Waals surface area contributed by atoms with Crippen molar-refractivity contribution in [1.82, 2.24) is 4.90 Å². The van der Waals surface area contributed by atoms with Crippen molar-refractivity contribution in [3.63, 3.8) is 0 Å². The number of para-hydroxylation sites is 1. The summed E-state index contributed by atoms with van der Waals surface area (Å²) in [5, 5.41) is 2.49. The first-order chi connectivity index (χ1) is 10.9. The number of nitrogens with zero attached hydrogens (tertiary/aromatic N) is 1. The van der Waals surface area contributed by atoms with Crippen molar-refractivity contribution in [3.05, 3.63) is 18.2 Å². The standard InChI is InChI=1S/C15H19F3N2O3/c1-22-11-7-5-6-10(13(11)23-2)19-14(21)20-9-4-3-8-12(20)15(16,17)18/h5-7,12H,3-4,8-9H2,1-2H3,(H,19,21). The lowest BCUT2D eigenvalue weighted by Gasteiger charge is -2.36. The third-order valence-corrected chi connectivity index (χ3v) is 3.79. The van der Waals surface area contributed by atoms with Crippen LogP contribution >= 0.6 is 0 Å². The minimum atomic E-state index is -4.43. The summed E-state index contributed by atoms with van der Waals surface area (Å²) in [6.07, 6.45) is -3.51. The van der Waals surface area contributed by atoms with Crippen LogP contribution in [0.25, 0.3) is 0 Å². The number of carbonyl (C=O) groups excluding carboxylic acids is 1. The fourth-order valence-corrected chi connectivity index (χ4v) is 2.69. The Morgan fingerprint density at radius 3 is 2.61 bits per heavy atom. The van der Waals surface area contributed by atoms with E-state index in [0.29, 0.717) is 18.6 Å². The Balaban J connectivity index is 2.21. The van der Waals surface area contributed by atoms with Crippen LogP contribution < -0.4 is 14.8 Å². The summed E-state index contributed by atoms with van der Waals surface area (Å²) >= 11 is 0. The monoisotopic (exact) mass is 332 g/mol. The zero-order valence-corrected chi connectivity index (χ0v) is 12.9. The molecule has 0 aromatic heterocycles. The highest BCUT2D eigenvalue weighted by Gasteiger charge is 2.46. The number of halogens is 3. The van der Waals surface area contributed by atoms with E-state index in [1.165, 1.54) is 14.2 Å². The molecule has 8 heteroatoms. The van der Waals surface area contributed by atoms with Gasteiger partial charge in [0.25, 0.3) is 0 Å². The van der Waals surface area contributed by atoms with Crippen molar-refractivity contribution in [3.8, 4) is 11.5 Å². The van der Waals surface area contributed by atoms with E-state index in [9.17, 15) is 18.0 Å². The molecule has 0 bridgehead atoms. The van der Waals surface area contributed by atoms with Crippen molar-refractivity contribution in [2.24, 2.45) is 0 Å². The molecule has 1 fully saturated rings. The molecule has 1 aromatic carbocycles. The maximum atomic E-state index is 13.1. The number of hydrogen-bond donors (Lipinski definition) is 1. The fraction of sp³-hybridized carbons (Fsp3) is 0.533. The molecule has 128 valence electrons. The number of alkyl halides is 3. The van der Waals surface area contributed by atoms with E-state index < -0.39 is 18.2 Å². The van der Waals surface area contributed by atoms with Gasteiger partial charge in [-0.05, 0) is 31.4 Å². The number of carbonyl (C=O) groups is 1. The van der Waals surface area contributed by atoms with Crippen LogP contribution in [0.2, 0.25) is 0 Å². The number of likely N-dealkylation sites (tertiary alicyclic amines) is 1. The quantitative estimate of drug-likeness (QED) is 0.919. The van der Waals surface area contributed by atoms with Gasteiger partial charge in [0.2, 0.25) is 0 Å². The molecular formula is C15H19F3N2O3. The summed E-state index contributed by atoms with van der Waals surface area (Å²) < 4.78 is 49.5. The molecule has 1 N–H and O–H groups in total. The predicted molar refractivity (Wildman–Crippen MR) is 79.0 cm³/mol. The molecule has 1 unspecified atom stereocenters. The molecule has 1 atom stereocenters. The molecule has 23 heavy (non-hydrogen) atoms. The number of ether oxygens (including phenoxy) is 2. The smallest absolute Gasteiger partial charge is 0.408 e. The van der Waals surface area contributed by atoms with Gasteiger partial charge >= 0.3 is 12.2 Å². The normalized spacial score (nSPS) is 18.5. The average molecular weight is 332 g/mol. The van der Waals surface area contributed by atoms with Gasteiger partial charge < -0.3 is 19.7 Å². The van der Waals surface area contributed by atoms with E-state index in [2.05, 4.69) is 5.32 Å². The second-order valence-corrected chi connectivity index (χ2v) is 5.22. The summed E-state index contributed by atoms with van der Waals surface area (Å²) in [4.78, 5) is 13.1. The Morgan fingerprint density at radius 2 is 2.00 bits per heavy atom. The van der Waals surface area contributed by atoms with Crippen LogP contribution in [0.4, 0.5) is 23.7 Å². The largest absolute Gasteiger partial charge is 0.493 e. The van der Waals surface area contributed by atoms with Crippen LogP contribution in [0.1, 0.15) is 19.3 Å². The van der Waals surface area contributed by atoms with Gasteiger partial charge in [-0.3, -0.25) is 0 Å². The van der Waals surface area contributed by atoms with Gasteiger partial charge in [0.15, 0.2) is 11.5 Å². The number of piperidine rings is 1. The van der Waals surface area contributed by atoms with E-state index in [-0.39, 0.29) is 24.4 Å². The summed E-state index contributed by atoms with van der Waals surface area (Å²) in [5.41, 5.74) is 0.267. The number of urea groups is 1. The van der Waals surface area contributed by atoms with E-state index in [4.69, 9.17) is 9.47 Å². The molecule has 1 aromatic rings. The van der Waals surface area contributed by atoms with Crippen LogP contribution in [0.5, 0.6) is 11.5 Å². The van der Waals surface area contributed by atoms with Gasteiger partial charge in [-0.2, -0.15) is 13.2 Å². The van der Waals surface area contributed by atoms with Crippen molar-refractivity contribution >= 4 is 11.7 Å². The fourth-order valence-electron chi connectivity index (χ4n) is 2.69. The van der Waals surface area contributed by atoms with E-state index in [0.717, 1.165) is 4.90 Å². The van der Waals surface area contributed by atoms with Crippen LogP contribution in [0.3, 0.4) is 0 Å². The van der Waals surface area contributed by atoms with E-state index in [1.54, 1.807) is 18.2 Å². The third-order valence-electron chi connectivity index (χ3n) is 3.79. The molecule has 1 heterocycles. The zero-order valence-electron chi connectivity index (χ0n) is 12.9. The van der Waals surface area contributed by atoms with Gasteiger partial charge in [0, 0.05) is 6.54 Å². The molecule has 1 aliphatic heterocycles. The van der Waals surface area contributed by atoms with Crippen LogP contribution in [-0.4, -0.2) is 43.9 Å². The zero-order chi connectivity index (χ0) is 17.0. The summed E-state index contributed by atoms with van der Waals surface area (Å²) in [5.74, 6) is 0.653. The van der Waals surface area contributed by atoms with Gasteiger partial charge in [-0.1, -0.05) is 6.07 Å². The highest BCUT2D eigenvalue weighted by atomic mass is 19.4. The highest BCUT2D eigenvalue weighted by Crippen LogP contribution is 2.36. The minimum absolute atomic E-state index is 0.0717. The van der Waals surface area contributed by atoms with Crippen molar-refractivity contribution in [1.29, 1.82) is 0 Å². The molecule has 1 aliphatic rings. The topological polar surface area (TPSA) is 50.8 Å². The number of nitrogens with one attached hydrogen (secondary N) is 1. The highest BCUT2D eigenvalue weighted by molar-refractivity contribution is 5.92. The predicted octanol–water partition coefficient (Wildman–Crippen LogP) is 3.65. The first-order valence-corrected chi connectivity index (χ1v) is 7.23. The summed E-state index contributed by atoms with van der Waals surface area (Å²) in [7, 11) is 2.83. The lowest BCUT2D eigenvalue weighted by Crippen LogP contribution is -2.52. The lowest BCUT2D eigenvalue weighted by molar-refractivity contribution is -0.181. The number of methoxy groups -OCH3 is 2. The number of hydrogen-bond acceptors (Lipinski definition) is 3. The first kappa shape index (κ1) is 17.2. The lowest BCUT2D eigenvalue weighted by atomic mass is 10.0. The van der Waals surface area contributed by atoms with Crippen molar-refractivity contribution in [2.75, 3.05) is 26.1 Å². The van der Waals surface area contributed by atoms with Gasteiger partial charge in [-0.15, -0.1) is 0 Å². The molecule has 2 rings (SSSR count). The van der Waals surface area contributed by atoms with E-state index >= 15 is 0 Å². The Bertz CT molecular complexity index is 563. The number of amides is 2. The third kappa shape index (κ3) is 3.80. The molecule has 0 saturated carbocycles. The van der Waals surface area contributed by atoms with Crippen LogP contribution in [-0.2, 0) is 0 Å². The number of benzene rings is 1. The maximum Gasteiger partial charge on any atom is 0.408 e. The van der Waals surface area contributed by atoms with Gasteiger partial charge in [0.1, 0.15) is 6.04 Å². The van der Waals surface area contributed by atoms with Crippen molar-refractivity contribution in [2.45, 2.75) is 31.5 Å². The number of anilines is 1. The van der Waals surface area contributed by atoms with Crippen LogP contribution in [0.15, 0.2) is 18.2 Å². The molecule has 0 spiro atoms. The molecule has 5 nitrogen and oxygen atoms in total. The SMILES string of the molecule is COc1cccc(NC(=O)N2CCCCC2C(F)(F)F)c1OC. The van der Waals surface area contributed by atoms with Gasteiger partial charge in [-0.25, -0.2) is 4.79 Å². The first-order valence-electron chi connectivity index (χ1n) is 7.23. The maximum absolute atomic E-state index is 13.1. The van der Waals surface area contributed by atoms with Crippen LogP contribution in [0, 0.1) is 0 Å². The molecule has 0 aliphatic carbocycles. The van der Waals surface area contributed by atoms with E-state index in [1.807, 2.05) is 0 Å².